The van der Waals surface area contributed by atoms with E-state index in [0.717, 1.165) is 49.7 Å². The number of ether oxygens (including phenoxy) is 3. The monoisotopic (exact) mass is 487 g/mol. The Balaban J connectivity index is 1.28. The maximum atomic E-state index is 7.23. The Morgan fingerprint density at radius 3 is 2.75 bits per heavy atom. The molecule has 4 atom stereocenters. The van der Waals surface area contributed by atoms with Crippen LogP contribution in [0.3, 0.4) is 0 Å². The number of likely N-dealkylation sites (tertiary alicyclic amines) is 1. The highest BCUT2D eigenvalue weighted by molar-refractivity contribution is 5.62. The van der Waals surface area contributed by atoms with Crippen molar-refractivity contribution in [3.8, 4) is 11.5 Å². The Hall–Kier alpha value is -2.04. The van der Waals surface area contributed by atoms with Crippen molar-refractivity contribution >= 4 is 0 Å². The topological polar surface area (TPSA) is 30.9 Å². The normalized spacial score (nSPS) is 32.1. The molecule has 2 aliphatic heterocycles. The second kappa shape index (κ2) is 9.06. The third-order valence-electron chi connectivity index (χ3n) is 9.95. The van der Waals surface area contributed by atoms with Crippen LogP contribution in [-0.4, -0.2) is 42.3 Å². The highest BCUT2D eigenvalue weighted by Crippen LogP contribution is 2.67. The first-order valence-corrected chi connectivity index (χ1v) is 14.6. The molecule has 192 valence electrons. The molecule has 0 unspecified atom stereocenters. The summed E-state index contributed by atoms with van der Waals surface area (Å²) in [6.07, 6.45) is 12.4. The maximum Gasteiger partial charge on any atom is 0.165 e. The van der Waals surface area contributed by atoms with Gasteiger partial charge in [-0.3, -0.25) is 4.90 Å². The van der Waals surface area contributed by atoms with Crippen LogP contribution < -0.4 is 9.47 Å². The lowest BCUT2D eigenvalue weighted by Gasteiger charge is -2.65. The zero-order chi connectivity index (χ0) is 24.2. The lowest BCUT2D eigenvalue weighted by Crippen LogP contribution is -2.76. The molecule has 3 fully saturated rings. The molecule has 4 heteroatoms. The van der Waals surface area contributed by atoms with Crippen LogP contribution in [0.1, 0.15) is 81.4 Å². The van der Waals surface area contributed by atoms with E-state index in [1.807, 2.05) is 0 Å². The molecule has 5 aliphatic rings. The van der Waals surface area contributed by atoms with Gasteiger partial charge in [0, 0.05) is 24.8 Å². The number of unbranched alkanes of at least 4 members (excludes halogenated alkanes) is 2. The van der Waals surface area contributed by atoms with Gasteiger partial charge in [0.15, 0.2) is 11.5 Å². The van der Waals surface area contributed by atoms with Crippen LogP contribution in [0.4, 0.5) is 0 Å². The minimum absolute atomic E-state index is 0.0305. The van der Waals surface area contributed by atoms with Crippen molar-refractivity contribution in [3.05, 3.63) is 59.2 Å². The van der Waals surface area contributed by atoms with Gasteiger partial charge in [-0.2, -0.15) is 0 Å². The molecule has 0 aromatic heterocycles. The van der Waals surface area contributed by atoms with E-state index in [9.17, 15) is 0 Å². The summed E-state index contributed by atoms with van der Waals surface area (Å²) >= 11 is 0. The van der Waals surface area contributed by atoms with Crippen molar-refractivity contribution in [2.45, 2.75) is 101 Å². The van der Waals surface area contributed by atoms with Gasteiger partial charge in [0.25, 0.3) is 0 Å². The highest BCUT2D eigenvalue weighted by Gasteiger charge is 2.72. The zero-order valence-electron chi connectivity index (χ0n) is 21.8. The number of benzene rings is 2. The van der Waals surface area contributed by atoms with Gasteiger partial charge in [-0.1, -0.05) is 56.2 Å². The molecule has 2 aromatic carbocycles. The van der Waals surface area contributed by atoms with Crippen molar-refractivity contribution in [2.75, 3.05) is 19.7 Å². The first-order chi connectivity index (χ1) is 17.7. The fraction of sp³-hybridized carbons (Fsp3) is 0.625. The maximum absolute atomic E-state index is 7.23. The van der Waals surface area contributed by atoms with Crippen LogP contribution in [0.2, 0.25) is 0 Å². The average Bonchev–Trinajstić information content (AvgIpc) is 3.66. The second-order valence-electron chi connectivity index (χ2n) is 12.0. The fourth-order valence-corrected chi connectivity index (χ4v) is 8.18. The van der Waals surface area contributed by atoms with Crippen LogP contribution >= 0.6 is 0 Å². The second-order valence-corrected chi connectivity index (χ2v) is 12.0. The fourth-order valence-electron chi connectivity index (χ4n) is 8.18. The Labute approximate surface area is 216 Å². The minimum atomic E-state index is -0.132. The van der Waals surface area contributed by atoms with Gasteiger partial charge in [0.2, 0.25) is 0 Å². The van der Waals surface area contributed by atoms with E-state index in [2.05, 4.69) is 54.3 Å². The van der Waals surface area contributed by atoms with Crippen molar-refractivity contribution < 1.29 is 14.2 Å². The number of nitrogens with zero attached hydrogens (tertiary/aromatic N) is 1. The van der Waals surface area contributed by atoms with Crippen molar-refractivity contribution in [1.29, 1.82) is 0 Å². The first kappa shape index (κ1) is 23.1. The van der Waals surface area contributed by atoms with Gasteiger partial charge in [-0.15, -0.1) is 0 Å². The van der Waals surface area contributed by atoms with E-state index in [0.29, 0.717) is 12.6 Å². The number of rotatable bonds is 10. The molecule has 0 N–H and O–H groups in total. The molecule has 2 heterocycles. The summed E-state index contributed by atoms with van der Waals surface area (Å²) in [5, 5.41) is 0. The van der Waals surface area contributed by atoms with Crippen LogP contribution in [0, 0.1) is 5.92 Å². The summed E-state index contributed by atoms with van der Waals surface area (Å²) in [6.45, 7) is 6.17. The van der Waals surface area contributed by atoms with Gasteiger partial charge >= 0.3 is 0 Å². The molecular formula is C32H41NO3. The highest BCUT2D eigenvalue weighted by atomic mass is 16.5. The van der Waals surface area contributed by atoms with Crippen LogP contribution in [0.5, 0.6) is 11.5 Å². The molecule has 0 radical (unpaired) electrons. The predicted molar refractivity (Wildman–Crippen MR) is 142 cm³/mol. The first-order valence-electron chi connectivity index (χ1n) is 14.6. The standard InChI is InChI=1S/C32H41NO3/c1-2-3-7-19-35-32-16-8-11-28-31(32)17-18-33(21-23-12-13-23)27(32)20-25-14-15-26(30(36-28)29(25)31)34-22-24-9-5-4-6-10-24/h4-6,9-10,14-15,23,27-28H,2-3,7-8,11-13,16-22H2,1H3/t27-,28+,31-,32-/m1/s1. The summed E-state index contributed by atoms with van der Waals surface area (Å²) in [5.41, 5.74) is 3.97. The summed E-state index contributed by atoms with van der Waals surface area (Å²) in [6, 6.07) is 15.5. The molecule has 1 spiro atoms. The van der Waals surface area contributed by atoms with E-state index in [1.54, 1.807) is 0 Å². The third kappa shape index (κ3) is 3.47. The molecule has 7 rings (SSSR count). The molecule has 3 aliphatic carbocycles. The average molecular weight is 488 g/mol. The molecular weight excluding hydrogens is 446 g/mol. The van der Waals surface area contributed by atoms with Crippen LogP contribution in [0.15, 0.2) is 42.5 Å². The summed E-state index contributed by atoms with van der Waals surface area (Å²) in [5.74, 6) is 2.85. The lowest BCUT2D eigenvalue weighted by atomic mass is 9.49. The predicted octanol–water partition coefficient (Wildman–Crippen LogP) is 6.43. The molecule has 0 amide bonds. The van der Waals surface area contributed by atoms with E-state index in [1.165, 1.54) is 68.3 Å². The molecule has 36 heavy (non-hydrogen) atoms. The molecule has 2 saturated carbocycles. The van der Waals surface area contributed by atoms with E-state index in [-0.39, 0.29) is 17.1 Å². The number of hydrogen-bond acceptors (Lipinski definition) is 4. The third-order valence-corrected chi connectivity index (χ3v) is 9.95. The zero-order valence-corrected chi connectivity index (χ0v) is 21.8. The summed E-state index contributed by atoms with van der Waals surface area (Å²) < 4.78 is 20.6. The molecule has 1 saturated heterocycles. The SMILES string of the molecule is CCCCCO[C@@]12CCC[C@@H]3Oc4c(OCc5ccccc5)ccc5c4[C@@]31CCN(CC1CC1)[C@@H]2C5. The van der Waals surface area contributed by atoms with Crippen molar-refractivity contribution in [1.82, 2.24) is 4.90 Å². The number of hydrogen-bond donors (Lipinski definition) is 0. The van der Waals surface area contributed by atoms with Crippen molar-refractivity contribution in [2.24, 2.45) is 5.92 Å². The number of piperidine rings is 1. The van der Waals surface area contributed by atoms with Gasteiger partial charge in [0.05, 0.1) is 11.0 Å². The van der Waals surface area contributed by atoms with Gasteiger partial charge in [0.1, 0.15) is 12.7 Å². The Bertz CT molecular complexity index is 1100. The van der Waals surface area contributed by atoms with E-state index in [4.69, 9.17) is 14.2 Å². The lowest BCUT2D eigenvalue weighted by molar-refractivity contribution is -0.216. The quantitative estimate of drug-likeness (QED) is 0.361. The Kier molecular flexibility index (Phi) is 5.81. The van der Waals surface area contributed by atoms with E-state index < -0.39 is 0 Å². The van der Waals surface area contributed by atoms with E-state index >= 15 is 0 Å². The molecule has 4 nitrogen and oxygen atoms in total. The summed E-state index contributed by atoms with van der Waals surface area (Å²) in [4.78, 5) is 2.84. The van der Waals surface area contributed by atoms with Crippen LogP contribution in [-0.2, 0) is 23.2 Å². The van der Waals surface area contributed by atoms with Crippen molar-refractivity contribution in [3.63, 3.8) is 0 Å². The minimum Gasteiger partial charge on any atom is -0.485 e. The van der Waals surface area contributed by atoms with Gasteiger partial charge in [-0.25, -0.2) is 0 Å². The Morgan fingerprint density at radius 1 is 1.03 bits per heavy atom. The van der Waals surface area contributed by atoms with Crippen LogP contribution in [0.25, 0.3) is 0 Å². The largest absolute Gasteiger partial charge is 0.485 e. The molecule has 2 bridgehead atoms. The smallest absolute Gasteiger partial charge is 0.165 e. The summed E-state index contributed by atoms with van der Waals surface area (Å²) in [7, 11) is 0. The van der Waals surface area contributed by atoms with Gasteiger partial charge < -0.3 is 14.2 Å². The van der Waals surface area contributed by atoms with Gasteiger partial charge in [-0.05, 0) is 81.0 Å². The molecule has 2 aromatic rings. The Morgan fingerprint density at radius 2 is 1.92 bits per heavy atom.